The van der Waals surface area contributed by atoms with Crippen molar-refractivity contribution in [3.63, 3.8) is 0 Å². The van der Waals surface area contributed by atoms with Gasteiger partial charge in [-0.25, -0.2) is 0 Å². The van der Waals surface area contributed by atoms with Gasteiger partial charge in [-0.05, 0) is 24.1 Å². The third-order valence-corrected chi connectivity index (χ3v) is 3.74. The lowest BCUT2D eigenvalue weighted by atomic mass is 10.2. The van der Waals surface area contributed by atoms with Gasteiger partial charge in [0.1, 0.15) is 0 Å². The fraction of sp³-hybridized carbons (Fsp3) is 0.333. The van der Waals surface area contributed by atoms with Gasteiger partial charge in [0.05, 0.1) is 22.6 Å². The van der Waals surface area contributed by atoms with Gasteiger partial charge in [-0.3, -0.25) is 9.48 Å². The SMILES string of the molecule is Cn1cc(CCNC(=O)c2ccc(C#CCCO)s2)cn1. The van der Waals surface area contributed by atoms with Crippen molar-refractivity contribution in [3.05, 3.63) is 39.8 Å². The number of amides is 1. The summed E-state index contributed by atoms with van der Waals surface area (Å²) in [5, 5.41) is 15.6. The van der Waals surface area contributed by atoms with Gasteiger partial charge in [0.2, 0.25) is 0 Å². The highest BCUT2D eigenvalue weighted by Gasteiger charge is 2.08. The van der Waals surface area contributed by atoms with Crippen LogP contribution in [-0.2, 0) is 13.5 Å². The number of aliphatic hydroxyl groups excluding tert-OH is 1. The van der Waals surface area contributed by atoms with E-state index in [4.69, 9.17) is 5.11 Å². The van der Waals surface area contributed by atoms with Gasteiger partial charge < -0.3 is 10.4 Å². The molecule has 2 N–H and O–H groups in total. The molecule has 0 bridgehead atoms. The van der Waals surface area contributed by atoms with Crippen LogP contribution in [0.3, 0.4) is 0 Å². The largest absolute Gasteiger partial charge is 0.395 e. The molecule has 0 spiro atoms. The lowest BCUT2D eigenvalue weighted by Crippen LogP contribution is -2.24. The Hall–Kier alpha value is -2.10. The van der Waals surface area contributed by atoms with Crippen LogP contribution in [-0.4, -0.2) is 33.9 Å². The predicted molar refractivity (Wildman–Crippen MR) is 82.1 cm³/mol. The average molecular weight is 303 g/mol. The first-order valence-electron chi connectivity index (χ1n) is 6.64. The van der Waals surface area contributed by atoms with E-state index in [1.54, 1.807) is 16.9 Å². The molecule has 0 saturated heterocycles. The average Bonchev–Trinajstić information content (AvgIpc) is 3.08. The molecule has 0 aliphatic rings. The summed E-state index contributed by atoms with van der Waals surface area (Å²) in [5.41, 5.74) is 1.10. The molecule has 0 aliphatic heterocycles. The van der Waals surface area contributed by atoms with E-state index in [2.05, 4.69) is 22.3 Å². The van der Waals surface area contributed by atoms with E-state index in [-0.39, 0.29) is 12.5 Å². The zero-order chi connectivity index (χ0) is 15.1. The van der Waals surface area contributed by atoms with E-state index >= 15 is 0 Å². The van der Waals surface area contributed by atoms with Gasteiger partial charge in [-0.15, -0.1) is 11.3 Å². The number of nitrogens with one attached hydrogen (secondary N) is 1. The molecule has 0 unspecified atom stereocenters. The zero-order valence-corrected chi connectivity index (χ0v) is 12.6. The minimum absolute atomic E-state index is 0.0556. The topological polar surface area (TPSA) is 67.2 Å². The van der Waals surface area contributed by atoms with Crippen LogP contribution in [0, 0.1) is 11.8 Å². The number of thiophene rings is 1. The molecule has 0 saturated carbocycles. The summed E-state index contributed by atoms with van der Waals surface area (Å²) in [6, 6.07) is 3.60. The Morgan fingerprint density at radius 2 is 2.38 bits per heavy atom. The van der Waals surface area contributed by atoms with E-state index < -0.39 is 0 Å². The Morgan fingerprint density at radius 3 is 3.10 bits per heavy atom. The number of hydrogen-bond donors (Lipinski definition) is 2. The molecule has 5 nitrogen and oxygen atoms in total. The Kier molecular flexibility index (Phi) is 5.55. The second kappa shape index (κ2) is 7.62. The molecule has 2 rings (SSSR count). The van der Waals surface area contributed by atoms with E-state index in [0.29, 0.717) is 17.8 Å². The van der Waals surface area contributed by atoms with E-state index in [0.717, 1.165) is 16.9 Å². The van der Waals surface area contributed by atoms with E-state index in [9.17, 15) is 4.79 Å². The quantitative estimate of drug-likeness (QED) is 0.815. The van der Waals surface area contributed by atoms with Crippen molar-refractivity contribution in [1.82, 2.24) is 15.1 Å². The van der Waals surface area contributed by atoms with Gasteiger partial charge in [-0.1, -0.05) is 11.8 Å². The van der Waals surface area contributed by atoms with Gasteiger partial charge in [0.25, 0.3) is 5.91 Å². The van der Waals surface area contributed by atoms with Gasteiger partial charge in [-0.2, -0.15) is 5.10 Å². The second-order valence-corrected chi connectivity index (χ2v) is 5.55. The lowest BCUT2D eigenvalue weighted by molar-refractivity contribution is 0.0958. The third kappa shape index (κ3) is 4.74. The summed E-state index contributed by atoms with van der Waals surface area (Å²) < 4.78 is 1.74. The molecule has 2 aromatic rings. The number of carbonyl (C=O) groups excluding carboxylic acids is 1. The van der Waals surface area contributed by atoms with Gasteiger partial charge in [0, 0.05) is 26.2 Å². The first-order chi connectivity index (χ1) is 10.2. The predicted octanol–water partition coefficient (Wildman–Crippen LogP) is 1.19. The van der Waals surface area contributed by atoms with Crippen molar-refractivity contribution in [2.45, 2.75) is 12.8 Å². The molecule has 0 atom stereocenters. The summed E-state index contributed by atoms with van der Waals surface area (Å²) in [5.74, 6) is 5.68. The fourth-order valence-corrected chi connectivity index (χ4v) is 2.54. The van der Waals surface area contributed by atoms with E-state index in [1.165, 1.54) is 11.3 Å². The monoisotopic (exact) mass is 303 g/mol. The Labute approximate surface area is 127 Å². The number of nitrogens with zero attached hydrogens (tertiary/aromatic N) is 2. The molecular weight excluding hydrogens is 286 g/mol. The number of hydrogen-bond acceptors (Lipinski definition) is 4. The molecule has 0 aliphatic carbocycles. The van der Waals surface area contributed by atoms with Crippen LogP contribution in [0.15, 0.2) is 24.5 Å². The van der Waals surface area contributed by atoms with Crippen LogP contribution >= 0.6 is 11.3 Å². The molecule has 0 aromatic carbocycles. The molecule has 0 fully saturated rings. The minimum Gasteiger partial charge on any atom is -0.395 e. The maximum atomic E-state index is 12.0. The normalized spacial score (nSPS) is 10.0. The summed E-state index contributed by atoms with van der Waals surface area (Å²) in [4.78, 5) is 13.5. The standard InChI is InChI=1S/C15H17N3O2S/c1-18-11-12(10-17-18)7-8-16-15(20)14-6-5-13(21-14)4-2-3-9-19/h5-6,10-11,19H,3,7-9H2,1H3,(H,16,20). The number of aromatic nitrogens is 2. The molecule has 2 aromatic heterocycles. The first-order valence-corrected chi connectivity index (χ1v) is 7.46. The Bertz CT molecular complexity index is 664. The van der Waals surface area contributed by atoms with Crippen molar-refractivity contribution in [2.75, 3.05) is 13.2 Å². The van der Waals surface area contributed by atoms with Gasteiger partial charge in [0.15, 0.2) is 0 Å². The van der Waals surface area contributed by atoms with Crippen molar-refractivity contribution in [3.8, 4) is 11.8 Å². The van der Waals surface area contributed by atoms with Crippen molar-refractivity contribution >= 4 is 17.2 Å². The number of rotatable bonds is 5. The second-order valence-electron chi connectivity index (χ2n) is 4.47. The molecule has 0 radical (unpaired) electrons. The third-order valence-electron chi connectivity index (χ3n) is 2.74. The van der Waals surface area contributed by atoms with Crippen LogP contribution in [0.1, 0.15) is 26.5 Å². The van der Waals surface area contributed by atoms with Crippen LogP contribution in [0.5, 0.6) is 0 Å². The molecular formula is C15H17N3O2S. The minimum atomic E-state index is -0.0842. The summed E-state index contributed by atoms with van der Waals surface area (Å²) in [7, 11) is 1.87. The summed E-state index contributed by atoms with van der Waals surface area (Å²) >= 11 is 1.36. The van der Waals surface area contributed by atoms with Crippen LogP contribution < -0.4 is 5.32 Å². The maximum absolute atomic E-state index is 12.0. The van der Waals surface area contributed by atoms with E-state index in [1.807, 2.05) is 19.3 Å². The number of aliphatic hydroxyl groups is 1. The number of carbonyl (C=O) groups is 1. The molecule has 110 valence electrons. The lowest BCUT2D eigenvalue weighted by Gasteiger charge is -2.01. The first kappa shape index (κ1) is 15.3. The fourth-order valence-electron chi connectivity index (χ4n) is 1.74. The smallest absolute Gasteiger partial charge is 0.261 e. The molecule has 6 heteroatoms. The maximum Gasteiger partial charge on any atom is 0.261 e. The van der Waals surface area contributed by atoms with Crippen molar-refractivity contribution in [2.24, 2.45) is 7.05 Å². The highest BCUT2D eigenvalue weighted by molar-refractivity contribution is 7.14. The Morgan fingerprint density at radius 1 is 1.52 bits per heavy atom. The summed E-state index contributed by atoms with van der Waals surface area (Å²) in [6.45, 7) is 0.633. The highest BCUT2D eigenvalue weighted by Crippen LogP contribution is 2.15. The van der Waals surface area contributed by atoms with Gasteiger partial charge >= 0.3 is 0 Å². The molecule has 2 heterocycles. The van der Waals surface area contributed by atoms with Crippen LogP contribution in [0.25, 0.3) is 0 Å². The van der Waals surface area contributed by atoms with Crippen LogP contribution in [0.4, 0.5) is 0 Å². The Balaban J connectivity index is 1.82. The zero-order valence-electron chi connectivity index (χ0n) is 11.8. The molecule has 1 amide bonds. The highest BCUT2D eigenvalue weighted by atomic mass is 32.1. The van der Waals surface area contributed by atoms with Crippen LogP contribution in [0.2, 0.25) is 0 Å². The number of aryl methyl sites for hydroxylation is 1. The van der Waals surface area contributed by atoms with Crippen molar-refractivity contribution in [1.29, 1.82) is 0 Å². The molecule has 21 heavy (non-hydrogen) atoms. The summed E-state index contributed by atoms with van der Waals surface area (Å²) in [6.07, 6.45) is 4.94. The van der Waals surface area contributed by atoms with Crippen molar-refractivity contribution < 1.29 is 9.90 Å².